The molecule has 1 aliphatic heterocycles. The second-order valence-corrected chi connectivity index (χ2v) is 6.76. The molecule has 0 saturated heterocycles. The van der Waals surface area contributed by atoms with Crippen molar-refractivity contribution in [1.82, 2.24) is 14.5 Å². The van der Waals surface area contributed by atoms with E-state index in [1.165, 1.54) is 0 Å². The number of hydrogen-bond donors (Lipinski definition) is 0. The third-order valence-corrected chi connectivity index (χ3v) is 5.09. The van der Waals surface area contributed by atoms with Crippen LogP contribution in [0.5, 0.6) is 5.75 Å². The number of anilines is 1. The quantitative estimate of drug-likeness (QED) is 0.532. The number of aromatic nitrogens is 3. The number of amides is 1. The second-order valence-electron chi connectivity index (χ2n) is 6.76. The molecule has 0 fully saturated rings. The standard InChI is InChI=1S/C23H18N4O2/c1-29-18-8-4-6-16(12-18)22-25-14-21-19-9-2-3-10-20(19)27(15-26(21)22)23(28)17-7-5-11-24-13-17/h2-14H,15H2,1H3. The van der Waals surface area contributed by atoms with E-state index in [-0.39, 0.29) is 5.91 Å². The first kappa shape index (κ1) is 17.2. The molecule has 5 rings (SSSR count). The maximum absolute atomic E-state index is 13.3. The molecule has 6 heteroatoms. The third kappa shape index (κ3) is 2.86. The molecule has 2 aromatic heterocycles. The molecule has 1 amide bonds. The molecule has 0 atom stereocenters. The molecule has 4 aromatic rings. The zero-order chi connectivity index (χ0) is 19.8. The zero-order valence-electron chi connectivity index (χ0n) is 15.8. The first-order valence-corrected chi connectivity index (χ1v) is 9.27. The van der Waals surface area contributed by atoms with Crippen LogP contribution in [0.15, 0.2) is 79.3 Å². The van der Waals surface area contributed by atoms with Crippen LogP contribution in [-0.2, 0) is 6.67 Å². The summed E-state index contributed by atoms with van der Waals surface area (Å²) in [4.78, 5) is 23.8. The van der Waals surface area contributed by atoms with Crippen molar-refractivity contribution in [3.63, 3.8) is 0 Å². The van der Waals surface area contributed by atoms with Gasteiger partial charge in [0.15, 0.2) is 0 Å². The number of carbonyl (C=O) groups excluding carboxylic acids is 1. The average Bonchev–Trinajstić information content (AvgIpc) is 3.23. The summed E-state index contributed by atoms with van der Waals surface area (Å²) in [7, 11) is 1.64. The number of benzene rings is 2. The molecule has 3 heterocycles. The lowest BCUT2D eigenvalue weighted by molar-refractivity contribution is 0.0979. The number of ether oxygens (including phenoxy) is 1. The largest absolute Gasteiger partial charge is 0.497 e. The molecule has 0 radical (unpaired) electrons. The zero-order valence-corrected chi connectivity index (χ0v) is 15.8. The lowest BCUT2D eigenvalue weighted by atomic mass is 10.1. The van der Waals surface area contributed by atoms with Gasteiger partial charge < -0.3 is 9.30 Å². The summed E-state index contributed by atoms with van der Waals surface area (Å²) in [6, 6.07) is 19.2. The molecule has 0 saturated carbocycles. The first-order chi connectivity index (χ1) is 14.3. The van der Waals surface area contributed by atoms with Crippen molar-refractivity contribution in [2.24, 2.45) is 0 Å². The number of hydrogen-bond acceptors (Lipinski definition) is 4. The topological polar surface area (TPSA) is 60.2 Å². The van der Waals surface area contributed by atoms with E-state index in [2.05, 4.69) is 14.5 Å². The van der Waals surface area contributed by atoms with Crippen molar-refractivity contribution in [2.45, 2.75) is 6.67 Å². The van der Waals surface area contributed by atoms with Crippen LogP contribution in [0.25, 0.3) is 22.6 Å². The van der Waals surface area contributed by atoms with Crippen LogP contribution in [-0.4, -0.2) is 27.6 Å². The van der Waals surface area contributed by atoms with E-state index in [0.717, 1.165) is 34.1 Å². The van der Waals surface area contributed by atoms with Gasteiger partial charge in [0, 0.05) is 23.5 Å². The minimum absolute atomic E-state index is 0.0958. The summed E-state index contributed by atoms with van der Waals surface area (Å²) in [5, 5.41) is 0. The van der Waals surface area contributed by atoms with Crippen LogP contribution in [0.3, 0.4) is 0 Å². The van der Waals surface area contributed by atoms with Crippen molar-refractivity contribution in [1.29, 1.82) is 0 Å². The van der Waals surface area contributed by atoms with Crippen molar-refractivity contribution in [3.05, 3.63) is 84.8 Å². The highest BCUT2D eigenvalue weighted by Crippen LogP contribution is 2.39. The molecule has 6 nitrogen and oxygen atoms in total. The minimum atomic E-state index is -0.0958. The van der Waals surface area contributed by atoms with Gasteiger partial charge >= 0.3 is 0 Å². The van der Waals surface area contributed by atoms with Crippen LogP contribution < -0.4 is 9.64 Å². The molecule has 0 N–H and O–H groups in total. The average molecular weight is 382 g/mol. The van der Waals surface area contributed by atoms with Gasteiger partial charge in [0.1, 0.15) is 18.2 Å². The minimum Gasteiger partial charge on any atom is -0.497 e. The predicted molar refractivity (Wildman–Crippen MR) is 111 cm³/mol. The number of carbonyl (C=O) groups is 1. The Morgan fingerprint density at radius 3 is 2.76 bits per heavy atom. The molecular formula is C23H18N4O2. The van der Waals surface area contributed by atoms with Gasteiger partial charge in [0.05, 0.1) is 30.3 Å². The van der Waals surface area contributed by atoms with E-state index in [9.17, 15) is 4.79 Å². The first-order valence-electron chi connectivity index (χ1n) is 9.27. The molecule has 0 aliphatic carbocycles. The third-order valence-electron chi connectivity index (χ3n) is 5.09. The second kappa shape index (κ2) is 6.91. The van der Waals surface area contributed by atoms with Gasteiger partial charge in [-0.05, 0) is 30.3 Å². The van der Waals surface area contributed by atoms with Gasteiger partial charge in [-0.25, -0.2) is 4.98 Å². The molecule has 2 aromatic carbocycles. The molecular weight excluding hydrogens is 364 g/mol. The smallest absolute Gasteiger partial charge is 0.261 e. The summed E-state index contributed by atoms with van der Waals surface area (Å²) in [5.41, 5.74) is 4.30. The molecule has 29 heavy (non-hydrogen) atoms. The molecule has 0 spiro atoms. The van der Waals surface area contributed by atoms with Crippen LogP contribution in [0.1, 0.15) is 10.4 Å². The fourth-order valence-corrected chi connectivity index (χ4v) is 3.69. The van der Waals surface area contributed by atoms with Gasteiger partial charge in [-0.2, -0.15) is 0 Å². The Morgan fingerprint density at radius 2 is 1.93 bits per heavy atom. The van der Waals surface area contributed by atoms with Crippen LogP contribution in [0.2, 0.25) is 0 Å². The Kier molecular flexibility index (Phi) is 4.09. The lowest BCUT2D eigenvalue weighted by Gasteiger charge is -2.31. The Morgan fingerprint density at radius 1 is 1.03 bits per heavy atom. The lowest BCUT2D eigenvalue weighted by Crippen LogP contribution is -2.36. The molecule has 0 bridgehead atoms. The number of nitrogens with zero attached hydrogens (tertiary/aromatic N) is 4. The Bertz CT molecular complexity index is 1200. The van der Waals surface area contributed by atoms with Gasteiger partial charge in [-0.1, -0.05) is 30.3 Å². The Labute approximate surface area is 168 Å². The fraction of sp³-hybridized carbons (Fsp3) is 0.0870. The summed E-state index contributed by atoms with van der Waals surface area (Å²) >= 11 is 0. The monoisotopic (exact) mass is 382 g/mol. The number of pyridine rings is 1. The van der Waals surface area contributed by atoms with Gasteiger partial charge in [0.25, 0.3) is 5.91 Å². The summed E-state index contributed by atoms with van der Waals surface area (Å²) in [5.74, 6) is 1.46. The van der Waals surface area contributed by atoms with Crippen molar-refractivity contribution in [3.8, 4) is 28.4 Å². The number of fused-ring (bicyclic) bond motifs is 3. The van der Waals surface area contributed by atoms with Crippen molar-refractivity contribution >= 4 is 11.6 Å². The van der Waals surface area contributed by atoms with E-state index in [1.807, 2.05) is 54.7 Å². The van der Waals surface area contributed by atoms with Crippen LogP contribution in [0, 0.1) is 0 Å². The van der Waals surface area contributed by atoms with E-state index >= 15 is 0 Å². The highest BCUT2D eigenvalue weighted by Gasteiger charge is 2.29. The molecule has 142 valence electrons. The number of imidazole rings is 1. The highest BCUT2D eigenvalue weighted by molar-refractivity contribution is 6.08. The van der Waals surface area contributed by atoms with Gasteiger partial charge in [0.2, 0.25) is 0 Å². The fourth-order valence-electron chi connectivity index (χ4n) is 3.69. The molecule has 1 aliphatic rings. The maximum atomic E-state index is 13.3. The normalized spacial score (nSPS) is 12.2. The van der Waals surface area contributed by atoms with Crippen molar-refractivity contribution in [2.75, 3.05) is 12.0 Å². The SMILES string of the molecule is COc1cccc(-c2ncc3n2CN(C(=O)c2cccnc2)c2ccccc2-3)c1. The maximum Gasteiger partial charge on any atom is 0.261 e. The van der Waals surface area contributed by atoms with E-state index in [0.29, 0.717) is 12.2 Å². The summed E-state index contributed by atoms with van der Waals surface area (Å²) in [6.07, 6.45) is 5.12. The number of rotatable bonds is 3. The summed E-state index contributed by atoms with van der Waals surface area (Å²) < 4.78 is 7.42. The Balaban J connectivity index is 1.64. The summed E-state index contributed by atoms with van der Waals surface area (Å²) in [6.45, 7) is 0.368. The van der Waals surface area contributed by atoms with Gasteiger partial charge in [-0.3, -0.25) is 14.7 Å². The van der Waals surface area contributed by atoms with Crippen molar-refractivity contribution < 1.29 is 9.53 Å². The molecule has 0 unspecified atom stereocenters. The highest BCUT2D eigenvalue weighted by atomic mass is 16.5. The van der Waals surface area contributed by atoms with Crippen LogP contribution in [0.4, 0.5) is 5.69 Å². The van der Waals surface area contributed by atoms with E-state index in [1.54, 1.807) is 36.5 Å². The predicted octanol–water partition coefficient (Wildman–Crippen LogP) is 4.24. The van der Waals surface area contributed by atoms with Gasteiger partial charge in [-0.15, -0.1) is 0 Å². The van der Waals surface area contributed by atoms with E-state index in [4.69, 9.17) is 4.74 Å². The number of para-hydroxylation sites is 1. The van der Waals surface area contributed by atoms with E-state index < -0.39 is 0 Å². The Hall–Kier alpha value is -3.93. The number of methoxy groups -OCH3 is 1. The van der Waals surface area contributed by atoms with Crippen LogP contribution >= 0.6 is 0 Å².